The summed E-state index contributed by atoms with van der Waals surface area (Å²) in [5.74, 6) is 0.603. The molecular formula is C18H19N3O. The number of benzene rings is 2. The Labute approximate surface area is 129 Å². The van der Waals surface area contributed by atoms with Crippen molar-refractivity contribution in [1.82, 2.24) is 9.97 Å². The third-order valence-corrected chi connectivity index (χ3v) is 3.57. The van der Waals surface area contributed by atoms with Crippen molar-refractivity contribution in [3.8, 4) is 0 Å². The molecule has 2 aromatic carbocycles. The molecule has 22 heavy (non-hydrogen) atoms. The van der Waals surface area contributed by atoms with Crippen molar-refractivity contribution < 1.29 is 5.11 Å². The SMILES string of the molecule is OCCCCc1ccc(Nc2ncc3ccccc3n2)cc1. The first-order valence-corrected chi connectivity index (χ1v) is 7.54. The van der Waals surface area contributed by atoms with Crippen LogP contribution in [0.25, 0.3) is 10.9 Å². The van der Waals surface area contributed by atoms with Crippen LogP contribution in [0.3, 0.4) is 0 Å². The Balaban J connectivity index is 1.68. The molecule has 0 atom stereocenters. The van der Waals surface area contributed by atoms with E-state index in [1.807, 2.05) is 42.6 Å². The van der Waals surface area contributed by atoms with Gasteiger partial charge in [0.25, 0.3) is 0 Å². The van der Waals surface area contributed by atoms with E-state index in [-0.39, 0.29) is 6.61 Å². The van der Waals surface area contributed by atoms with E-state index in [2.05, 4.69) is 27.4 Å². The fourth-order valence-corrected chi connectivity index (χ4v) is 2.36. The number of nitrogens with one attached hydrogen (secondary N) is 1. The molecule has 3 rings (SSSR count). The molecule has 0 spiro atoms. The lowest BCUT2D eigenvalue weighted by Gasteiger charge is -2.07. The number of fused-ring (bicyclic) bond motifs is 1. The zero-order chi connectivity index (χ0) is 15.2. The number of para-hydroxylation sites is 1. The zero-order valence-corrected chi connectivity index (χ0v) is 12.4. The van der Waals surface area contributed by atoms with Crippen LogP contribution in [0.15, 0.2) is 54.7 Å². The number of aliphatic hydroxyl groups is 1. The molecule has 0 aliphatic heterocycles. The van der Waals surface area contributed by atoms with Crippen LogP contribution in [0, 0.1) is 0 Å². The molecule has 4 nitrogen and oxygen atoms in total. The molecule has 0 aliphatic rings. The summed E-state index contributed by atoms with van der Waals surface area (Å²) in [6.07, 6.45) is 4.68. The smallest absolute Gasteiger partial charge is 0.227 e. The third-order valence-electron chi connectivity index (χ3n) is 3.57. The van der Waals surface area contributed by atoms with Gasteiger partial charge in [0.05, 0.1) is 5.52 Å². The Morgan fingerprint density at radius 1 is 0.955 bits per heavy atom. The van der Waals surface area contributed by atoms with Crippen molar-refractivity contribution in [2.24, 2.45) is 0 Å². The Hall–Kier alpha value is -2.46. The van der Waals surface area contributed by atoms with Gasteiger partial charge in [-0.05, 0) is 43.0 Å². The van der Waals surface area contributed by atoms with Crippen LogP contribution in [0.1, 0.15) is 18.4 Å². The average molecular weight is 293 g/mol. The molecule has 0 saturated heterocycles. The summed E-state index contributed by atoms with van der Waals surface area (Å²) in [6.45, 7) is 0.263. The van der Waals surface area contributed by atoms with E-state index in [1.165, 1.54) is 5.56 Å². The molecule has 1 aromatic heterocycles. The van der Waals surface area contributed by atoms with Gasteiger partial charge in [-0.15, -0.1) is 0 Å². The maximum absolute atomic E-state index is 8.80. The molecule has 112 valence electrons. The molecule has 1 heterocycles. The topological polar surface area (TPSA) is 58.0 Å². The van der Waals surface area contributed by atoms with E-state index in [9.17, 15) is 0 Å². The number of rotatable bonds is 6. The molecule has 0 aliphatic carbocycles. The molecule has 0 bridgehead atoms. The molecule has 0 fully saturated rings. The van der Waals surface area contributed by atoms with Crippen molar-refractivity contribution in [3.05, 3.63) is 60.3 Å². The number of unbranched alkanes of at least 4 members (excludes halogenated alkanes) is 1. The van der Waals surface area contributed by atoms with Gasteiger partial charge in [-0.25, -0.2) is 9.97 Å². The predicted molar refractivity (Wildman–Crippen MR) is 89.3 cm³/mol. The summed E-state index contributed by atoms with van der Waals surface area (Å²) in [4.78, 5) is 8.84. The molecule has 0 amide bonds. The van der Waals surface area contributed by atoms with Crippen molar-refractivity contribution in [3.63, 3.8) is 0 Å². The highest BCUT2D eigenvalue weighted by molar-refractivity contribution is 5.78. The monoisotopic (exact) mass is 293 g/mol. The first-order chi connectivity index (χ1) is 10.8. The lowest BCUT2D eigenvalue weighted by molar-refractivity contribution is 0.284. The van der Waals surface area contributed by atoms with E-state index in [0.717, 1.165) is 35.9 Å². The largest absolute Gasteiger partial charge is 0.396 e. The summed E-state index contributed by atoms with van der Waals surface area (Å²) >= 11 is 0. The van der Waals surface area contributed by atoms with Gasteiger partial charge in [-0.1, -0.05) is 30.3 Å². The molecule has 4 heteroatoms. The second kappa shape index (κ2) is 7.00. The van der Waals surface area contributed by atoms with E-state index >= 15 is 0 Å². The number of aryl methyl sites for hydroxylation is 1. The van der Waals surface area contributed by atoms with Crippen LogP contribution in [-0.2, 0) is 6.42 Å². The minimum absolute atomic E-state index is 0.263. The summed E-state index contributed by atoms with van der Waals surface area (Å²) < 4.78 is 0. The first-order valence-electron chi connectivity index (χ1n) is 7.54. The van der Waals surface area contributed by atoms with Crippen LogP contribution in [0.5, 0.6) is 0 Å². The van der Waals surface area contributed by atoms with Gasteiger partial charge in [0.15, 0.2) is 0 Å². The summed E-state index contributed by atoms with van der Waals surface area (Å²) in [5.41, 5.74) is 3.18. The van der Waals surface area contributed by atoms with Crippen LogP contribution < -0.4 is 5.32 Å². The van der Waals surface area contributed by atoms with Crippen LogP contribution >= 0.6 is 0 Å². The van der Waals surface area contributed by atoms with Gasteiger partial charge in [0.2, 0.25) is 5.95 Å². The Morgan fingerprint density at radius 3 is 2.59 bits per heavy atom. The molecule has 0 radical (unpaired) electrons. The Morgan fingerprint density at radius 2 is 1.77 bits per heavy atom. The van der Waals surface area contributed by atoms with Crippen molar-refractivity contribution in [2.75, 3.05) is 11.9 Å². The van der Waals surface area contributed by atoms with E-state index in [0.29, 0.717) is 5.95 Å². The quantitative estimate of drug-likeness (QED) is 0.681. The van der Waals surface area contributed by atoms with Gasteiger partial charge in [0.1, 0.15) is 0 Å². The lowest BCUT2D eigenvalue weighted by atomic mass is 10.1. The fraction of sp³-hybridized carbons (Fsp3) is 0.222. The van der Waals surface area contributed by atoms with E-state index in [1.54, 1.807) is 0 Å². The highest BCUT2D eigenvalue weighted by Gasteiger charge is 2.01. The standard InChI is InChI=1S/C18H19N3O/c22-12-4-3-5-14-8-10-16(11-9-14)20-18-19-13-15-6-1-2-7-17(15)21-18/h1-2,6-11,13,22H,3-5,12H2,(H,19,20,21). The van der Waals surface area contributed by atoms with Crippen LogP contribution in [0.2, 0.25) is 0 Å². The number of aromatic nitrogens is 2. The summed E-state index contributed by atoms with van der Waals surface area (Å²) in [6, 6.07) is 16.2. The van der Waals surface area contributed by atoms with E-state index < -0.39 is 0 Å². The Kier molecular flexibility index (Phi) is 4.61. The minimum Gasteiger partial charge on any atom is -0.396 e. The molecular weight excluding hydrogens is 274 g/mol. The van der Waals surface area contributed by atoms with Crippen molar-refractivity contribution >= 4 is 22.5 Å². The first kappa shape index (κ1) is 14.5. The average Bonchev–Trinajstić information content (AvgIpc) is 2.57. The number of hydrogen-bond donors (Lipinski definition) is 2. The van der Waals surface area contributed by atoms with Crippen LogP contribution in [0.4, 0.5) is 11.6 Å². The number of hydrogen-bond acceptors (Lipinski definition) is 4. The normalized spacial score (nSPS) is 10.8. The maximum atomic E-state index is 8.80. The van der Waals surface area contributed by atoms with Gasteiger partial charge in [-0.2, -0.15) is 0 Å². The minimum atomic E-state index is 0.263. The van der Waals surface area contributed by atoms with Gasteiger partial charge < -0.3 is 10.4 Å². The summed E-state index contributed by atoms with van der Waals surface area (Å²) in [5, 5.41) is 13.1. The zero-order valence-electron chi connectivity index (χ0n) is 12.4. The van der Waals surface area contributed by atoms with Gasteiger partial charge in [-0.3, -0.25) is 0 Å². The third kappa shape index (κ3) is 3.59. The second-order valence-corrected chi connectivity index (χ2v) is 5.26. The molecule has 2 N–H and O–H groups in total. The molecule has 0 unspecified atom stereocenters. The fourth-order valence-electron chi connectivity index (χ4n) is 2.36. The van der Waals surface area contributed by atoms with Gasteiger partial charge in [0, 0.05) is 23.9 Å². The summed E-state index contributed by atoms with van der Waals surface area (Å²) in [7, 11) is 0. The predicted octanol–water partition coefficient (Wildman–Crippen LogP) is 3.69. The van der Waals surface area contributed by atoms with Crippen molar-refractivity contribution in [1.29, 1.82) is 0 Å². The molecule has 3 aromatic rings. The lowest BCUT2D eigenvalue weighted by Crippen LogP contribution is -1.97. The van der Waals surface area contributed by atoms with E-state index in [4.69, 9.17) is 5.11 Å². The van der Waals surface area contributed by atoms with Crippen LogP contribution in [-0.4, -0.2) is 21.7 Å². The highest BCUT2D eigenvalue weighted by atomic mass is 16.2. The number of nitrogens with zero attached hydrogens (tertiary/aromatic N) is 2. The highest BCUT2D eigenvalue weighted by Crippen LogP contribution is 2.17. The Bertz CT molecular complexity index is 741. The van der Waals surface area contributed by atoms with Gasteiger partial charge >= 0.3 is 0 Å². The number of aliphatic hydroxyl groups excluding tert-OH is 1. The van der Waals surface area contributed by atoms with Crippen molar-refractivity contribution in [2.45, 2.75) is 19.3 Å². The molecule has 0 saturated carbocycles. The number of anilines is 2. The second-order valence-electron chi connectivity index (χ2n) is 5.26. The maximum Gasteiger partial charge on any atom is 0.227 e.